The average Bonchev–Trinajstić information content (AvgIpc) is 3.75. The first-order chi connectivity index (χ1) is 21.8. The maximum absolute atomic E-state index is 15.2. The van der Waals surface area contributed by atoms with Gasteiger partial charge in [0.25, 0.3) is 0 Å². The van der Waals surface area contributed by atoms with E-state index in [0.29, 0.717) is 30.9 Å². The van der Waals surface area contributed by atoms with Crippen LogP contribution in [-0.4, -0.2) is 36.6 Å². The summed E-state index contributed by atoms with van der Waals surface area (Å²) < 4.78 is 26.5. The first-order valence-corrected chi connectivity index (χ1v) is 15.8. The molecule has 0 spiro atoms. The minimum atomic E-state index is -1.16. The fourth-order valence-corrected chi connectivity index (χ4v) is 6.62. The van der Waals surface area contributed by atoms with E-state index in [1.807, 2.05) is 18.2 Å². The van der Waals surface area contributed by atoms with E-state index in [9.17, 15) is 9.59 Å². The lowest BCUT2D eigenvalue weighted by molar-refractivity contribution is -0.131. The Balaban J connectivity index is 1.08. The molecule has 6 rings (SSSR count). The molecule has 8 nitrogen and oxygen atoms in total. The van der Waals surface area contributed by atoms with Gasteiger partial charge < -0.3 is 25.4 Å². The van der Waals surface area contributed by atoms with Gasteiger partial charge in [-0.25, -0.2) is 4.39 Å². The van der Waals surface area contributed by atoms with Crippen molar-refractivity contribution < 1.29 is 23.5 Å². The summed E-state index contributed by atoms with van der Waals surface area (Å²) in [7, 11) is 1.70. The zero-order valence-corrected chi connectivity index (χ0v) is 26.0. The summed E-state index contributed by atoms with van der Waals surface area (Å²) in [4.78, 5) is 31.4. The highest BCUT2D eigenvalue weighted by Crippen LogP contribution is 2.51. The predicted octanol–water partition coefficient (Wildman–Crippen LogP) is 6.88. The lowest BCUT2D eigenvalue weighted by Crippen LogP contribution is -2.35. The van der Waals surface area contributed by atoms with E-state index in [2.05, 4.69) is 52.1 Å². The third-order valence-electron chi connectivity index (χ3n) is 8.06. The summed E-state index contributed by atoms with van der Waals surface area (Å²) in [6.45, 7) is 3.52. The van der Waals surface area contributed by atoms with Crippen molar-refractivity contribution in [2.24, 2.45) is 5.41 Å². The van der Waals surface area contributed by atoms with Crippen molar-refractivity contribution in [1.82, 2.24) is 10.3 Å². The number of benzene rings is 3. The van der Waals surface area contributed by atoms with E-state index < -0.39 is 17.1 Å². The summed E-state index contributed by atoms with van der Waals surface area (Å²) in [5.41, 5.74) is 3.01. The molecule has 1 fully saturated rings. The molecule has 1 aliphatic heterocycles. The molecule has 0 radical (unpaired) electrons. The number of hydrogen-bond donors (Lipinski definition) is 3. The molecule has 1 unspecified atom stereocenters. The lowest BCUT2D eigenvalue weighted by Gasteiger charge is -2.16. The molecule has 2 amide bonds. The molecule has 2 aliphatic rings. The van der Waals surface area contributed by atoms with E-state index >= 15 is 4.39 Å². The van der Waals surface area contributed by atoms with E-state index in [1.54, 1.807) is 49.3 Å². The van der Waals surface area contributed by atoms with Crippen LogP contribution in [0.15, 0.2) is 90.0 Å². The number of methoxy groups -OCH3 is 1. The highest BCUT2D eigenvalue weighted by Gasteiger charge is 2.56. The molecule has 2 heterocycles. The van der Waals surface area contributed by atoms with Gasteiger partial charge in [0.1, 0.15) is 11.2 Å². The number of nitrogens with zero attached hydrogens (tertiary/aromatic N) is 1. The van der Waals surface area contributed by atoms with E-state index in [4.69, 9.17) is 9.47 Å². The maximum Gasteiger partial charge on any atom is 0.240 e. The van der Waals surface area contributed by atoms with Crippen LogP contribution in [0, 0.1) is 11.2 Å². The van der Waals surface area contributed by atoms with Gasteiger partial charge in [-0.15, -0.1) is 11.8 Å². The second-order valence-corrected chi connectivity index (χ2v) is 12.7. The largest absolute Gasteiger partial charge is 0.453 e. The number of fused-ring (bicyclic) bond motifs is 1. The molecule has 4 aromatic rings. The maximum atomic E-state index is 15.2. The van der Waals surface area contributed by atoms with Gasteiger partial charge in [-0.3, -0.25) is 14.6 Å². The molecule has 1 saturated carbocycles. The molecule has 1 aromatic heterocycles. The summed E-state index contributed by atoms with van der Waals surface area (Å²) >= 11 is 1.66. The fourth-order valence-electron chi connectivity index (χ4n) is 5.30. The number of rotatable bonds is 12. The Kier molecular flexibility index (Phi) is 9.16. The topological polar surface area (TPSA) is 102 Å². The summed E-state index contributed by atoms with van der Waals surface area (Å²) in [5, 5.41) is 9.13. The number of halogens is 1. The molecule has 3 aromatic carbocycles. The second kappa shape index (κ2) is 13.4. The van der Waals surface area contributed by atoms with Gasteiger partial charge in [-0.05, 0) is 55.2 Å². The van der Waals surface area contributed by atoms with E-state index in [1.165, 1.54) is 23.3 Å². The summed E-state index contributed by atoms with van der Waals surface area (Å²) in [6.07, 6.45) is 3.28. The molecular formula is C35H35FN4O4S. The van der Waals surface area contributed by atoms with Crippen molar-refractivity contribution in [2.45, 2.75) is 48.9 Å². The smallest absolute Gasteiger partial charge is 0.240 e. The van der Waals surface area contributed by atoms with Crippen LogP contribution in [0.2, 0.25) is 0 Å². The highest BCUT2D eigenvalue weighted by molar-refractivity contribution is 8.00. The Morgan fingerprint density at radius 2 is 1.71 bits per heavy atom. The van der Waals surface area contributed by atoms with Crippen molar-refractivity contribution in [2.75, 3.05) is 24.4 Å². The molecular weight excluding hydrogens is 591 g/mol. The third-order valence-corrected chi connectivity index (χ3v) is 9.46. The summed E-state index contributed by atoms with van der Waals surface area (Å²) in [6, 6.07) is 23.8. The Hall–Kier alpha value is -4.25. The third kappa shape index (κ3) is 7.03. The number of amides is 2. The van der Waals surface area contributed by atoms with Gasteiger partial charge in [0.2, 0.25) is 11.8 Å². The Bertz CT molecular complexity index is 1680. The van der Waals surface area contributed by atoms with Crippen molar-refractivity contribution in [1.29, 1.82) is 0 Å². The Labute approximate surface area is 266 Å². The van der Waals surface area contributed by atoms with Crippen molar-refractivity contribution in [3.63, 3.8) is 0 Å². The SMILES string of the molecule is COC[C@H](C)NCc1ccc(C2Cc3nccc(Oc4ccc(NC(=O)C5(C(=O)Nc6ccccc6)CC5)cc4F)c3S2)cc1. The van der Waals surface area contributed by atoms with Crippen molar-refractivity contribution >= 4 is 35.0 Å². The van der Waals surface area contributed by atoms with Crippen LogP contribution >= 0.6 is 11.8 Å². The fraction of sp³-hybridized carbons (Fsp3) is 0.286. The minimum Gasteiger partial charge on any atom is -0.453 e. The highest BCUT2D eigenvalue weighted by atomic mass is 32.2. The monoisotopic (exact) mass is 626 g/mol. The number of pyridine rings is 1. The molecule has 2 atom stereocenters. The van der Waals surface area contributed by atoms with Crippen molar-refractivity contribution in [3.8, 4) is 11.5 Å². The number of para-hydroxylation sites is 1. The number of aromatic nitrogens is 1. The van der Waals surface area contributed by atoms with Crippen LogP contribution in [0.4, 0.5) is 15.8 Å². The number of nitrogens with one attached hydrogen (secondary N) is 3. The molecule has 1 aliphatic carbocycles. The summed E-state index contributed by atoms with van der Waals surface area (Å²) in [5.74, 6) is -0.878. The number of hydrogen-bond acceptors (Lipinski definition) is 7. The molecule has 232 valence electrons. The zero-order valence-electron chi connectivity index (χ0n) is 25.1. The average molecular weight is 627 g/mol. The molecule has 0 bridgehead atoms. The molecule has 45 heavy (non-hydrogen) atoms. The predicted molar refractivity (Wildman–Crippen MR) is 173 cm³/mol. The second-order valence-electron chi connectivity index (χ2n) is 11.5. The first kappa shape index (κ1) is 30.8. The van der Waals surface area contributed by atoms with Gasteiger partial charge in [0, 0.05) is 61.1 Å². The van der Waals surface area contributed by atoms with Crippen LogP contribution in [0.3, 0.4) is 0 Å². The van der Waals surface area contributed by atoms with E-state index in [0.717, 1.165) is 23.6 Å². The number of anilines is 2. The zero-order chi connectivity index (χ0) is 31.4. The standard InChI is InChI=1S/C35H35FN4O4S/c1-22(21-43-2)38-20-23-8-10-24(11-9-23)31-19-28-32(45-31)30(14-17-37-28)44-29-13-12-26(18-27(29)36)40-34(42)35(15-16-35)33(41)39-25-6-4-3-5-7-25/h3-14,17-18,22,31,38H,15-16,19-21H2,1-2H3,(H,39,41)(H,40,42)/t22-,31?/m0/s1. The van der Waals surface area contributed by atoms with E-state index in [-0.39, 0.29) is 28.6 Å². The molecule has 0 saturated heterocycles. The van der Waals surface area contributed by atoms with Gasteiger partial charge in [0.05, 0.1) is 17.2 Å². The van der Waals surface area contributed by atoms with Crippen molar-refractivity contribution in [3.05, 3.63) is 108 Å². The Morgan fingerprint density at radius 3 is 2.40 bits per heavy atom. The van der Waals surface area contributed by atoms with Gasteiger partial charge in [-0.2, -0.15) is 0 Å². The van der Waals surface area contributed by atoms with Gasteiger partial charge in [-0.1, -0.05) is 42.5 Å². The molecule has 3 N–H and O–H groups in total. The van der Waals surface area contributed by atoms with Crippen LogP contribution in [-0.2, 0) is 27.3 Å². The normalized spacial score (nSPS) is 16.8. The molecule has 10 heteroatoms. The number of ether oxygens (including phenoxy) is 2. The number of carbonyl (C=O) groups excluding carboxylic acids is 2. The number of thioether (sulfide) groups is 1. The van der Waals surface area contributed by atoms with Gasteiger partial charge in [0.15, 0.2) is 11.6 Å². The first-order valence-electron chi connectivity index (χ1n) is 15.0. The van der Waals surface area contributed by atoms with Gasteiger partial charge >= 0.3 is 0 Å². The van der Waals surface area contributed by atoms with Crippen LogP contribution < -0.4 is 20.7 Å². The quantitative estimate of drug-likeness (QED) is 0.147. The van der Waals surface area contributed by atoms with Crippen LogP contribution in [0.1, 0.15) is 41.8 Å². The minimum absolute atomic E-state index is 0.0351. The van der Waals surface area contributed by atoms with Crippen LogP contribution in [0.25, 0.3) is 0 Å². The Morgan fingerprint density at radius 1 is 0.978 bits per heavy atom. The lowest BCUT2D eigenvalue weighted by atomic mass is 10.0. The van der Waals surface area contributed by atoms with Crippen LogP contribution in [0.5, 0.6) is 11.5 Å². The number of carbonyl (C=O) groups is 2.